The largest absolute Gasteiger partial charge is 0.346 e. The number of hydrogen-bond donors (Lipinski definition) is 1. The number of sulfonamides is 1. The van der Waals surface area contributed by atoms with Crippen LogP contribution in [0.1, 0.15) is 46.9 Å². The van der Waals surface area contributed by atoms with Gasteiger partial charge >= 0.3 is 0 Å². The van der Waals surface area contributed by atoms with Crippen LogP contribution in [0.15, 0.2) is 42.5 Å². The SMILES string of the molecule is CCS(=O)(=O)N(C)c1ccc(C(=O)N[C@@H](C)c2ccc(C)c(C)c2)cc1. The molecule has 0 spiro atoms. The minimum Gasteiger partial charge on any atom is -0.346 e. The van der Waals surface area contributed by atoms with Gasteiger partial charge in [0, 0.05) is 12.6 Å². The zero-order chi connectivity index (χ0) is 19.5. The number of rotatable bonds is 6. The van der Waals surface area contributed by atoms with Gasteiger partial charge in [0.2, 0.25) is 10.0 Å². The highest BCUT2D eigenvalue weighted by molar-refractivity contribution is 7.92. The van der Waals surface area contributed by atoms with E-state index in [1.165, 1.54) is 22.5 Å². The van der Waals surface area contributed by atoms with Crippen LogP contribution in [0.25, 0.3) is 0 Å². The first-order valence-electron chi connectivity index (χ1n) is 8.60. The van der Waals surface area contributed by atoms with E-state index in [2.05, 4.69) is 18.3 Å². The predicted octanol–water partition coefficient (Wildman–Crippen LogP) is 3.58. The third-order valence-corrected chi connectivity index (χ3v) is 6.43. The van der Waals surface area contributed by atoms with E-state index in [1.54, 1.807) is 31.2 Å². The molecule has 1 N–H and O–H groups in total. The van der Waals surface area contributed by atoms with Gasteiger partial charge in [-0.05, 0) is 68.7 Å². The minimum absolute atomic E-state index is 0.0270. The van der Waals surface area contributed by atoms with Crippen LogP contribution in [0, 0.1) is 13.8 Å². The van der Waals surface area contributed by atoms with Crippen LogP contribution < -0.4 is 9.62 Å². The third-order valence-electron chi connectivity index (χ3n) is 4.65. The zero-order valence-corrected chi connectivity index (χ0v) is 16.7. The molecule has 0 unspecified atom stereocenters. The number of nitrogens with one attached hydrogen (secondary N) is 1. The fourth-order valence-electron chi connectivity index (χ4n) is 2.57. The molecule has 2 aromatic rings. The summed E-state index contributed by atoms with van der Waals surface area (Å²) in [5.74, 6) is -0.164. The van der Waals surface area contributed by atoms with Gasteiger partial charge in [-0.25, -0.2) is 8.42 Å². The monoisotopic (exact) mass is 374 g/mol. The van der Waals surface area contributed by atoms with Crippen LogP contribution >= 0.6 is 0 Å². The van der Waals surface area contributed by atoms with Crippen molar-refractivity contribution >= 4 is 21.6 Å². The molecule has 1 amide bonds. The lowest BCUT2D eigenvalue weighted by Crippen LogP contribution is -2.28. The summed E-state index contributed by atoms with van der Waals surface area (Å²) in [7, 11) is -1.80. The van der Waals surface area contributed by atoms with E-state index in [0.717, 1.165) is 5.56 Å². The summed E-state index contributed by atoms with van der Waals surface area (Å²) < 4.78 is 25.1. The van der Waals surface area contributed by atoms with Gasteiger partial charge in [0.1, 0.15) is 0 Å². The summed E-state index contributed by atoms with van der Waals surface area (Å²) in [6.45, 7) is 7.65. The normalized spacial score (nSPS) is 12.5. The molecule has 140 valence electrons. The van der Waals surface area contributed by atoms with Crippen molar-refractivity contribution in [1.82, 2.24) is 5.32 Å². The molecule has 0 heterocycles. The quantitative estimate of drug-likeness (QED) is 0.840. The van der Waals surface area contributed by atoms with Crippen molar-refractivity contribution in [3.63, 3.8) is 0 Å². The molecule has 26 heavy (non-hydrogen) atoms. The Bertz CT molecular complexity index is 890. The lowest BCUT2D eigenvalue weighted by Gasteiger charge is -2.19. The van der Waals surface area contributed by atoms with E-state index in [0.29, 0.717) is 11.3 Å². The maximum Gasteiger partial charge on any atom is 0.251 e. The Hall–Kier alpha value is -2.34. The van der Waals surface area contributed by atoms with Crippen LogP contribution in [0.4, 0.5) is 5.69 Å². The summed E-state index contributed by atoms with van der Waals surface area (Å²) in [6.07, 6.45) is 0. The van der Waals surface area contributed by atoms with Gasteiger partial charge in [-0.15, -0.1) is 0 Å². The first-order valence-corrected chi connectivity index (χ1v) is 10.2. The average Bonchev–Trinajstić information content (AvgIpc) is 2.63. The van der Waals surface area contributed by atoms with Gasteiger partial charge in [0.15, 0.2) is 0 Å². The molecule has 0 aliphatic heterocycles. The lowest BCUT2D eigenvalue weighted by molar-refractivity contribution is 0.0940. The van der Waals surface area contributed by atoms with Crippen LogP contribution in [-0.4, -0.2) is 27.1 Å². The van der Waals surface area contributed by atoms with Crippen molar-refractivity contribution in [2.75, 3.05) is 17.1 Å². The second kappa shape index (κ2) is 7.91. The Kier molecular flexibility index (Phi) is 6.08. The molecule has 0 fully saturated rings. The van der Waals surface area contributed by atoms with E-state index in [9.17, 15) is 13.2 Å². The second-order valence-electron chi connectivity index (χ2n) is 6.45. The summed E-state index contributed by atoms with van der Waals surface area (Å²) in [5.41, 5.74) is 4.48. The summed E-state index contributed by atoms with van der Waals surface area (Å²) in [5, 5.41) is 2.98. The Labute approximate surface area is 156 Å². The number of nitrogens with zero attached hydrogens (tertiary/aromatic N) is 1. The van der Waals surface area contributed by atoms with Crippen molar-refractivity contribution in [1.29, 1.82) is 0 Å². The van der Waals surface area contributed by atoms with E-state index in [1.807, 2.05) is 26.0 Å². The number of carbonyl (C=O) groups is 1. The van der Waals surface area contributed by atoms with Crippen molar-refractivity contribution in [2.24, 2.45) is 0 Å². The third kappa shape index (κ3) is 4.43. The topological polar surface area (TPSA) is 66.5 Å². The molecule has 0 saturated carbocycles. The number of anilines is 1. The highest BCUT2D eigenvalue weighted by Crippen LogP contribution is 2.19. The van der Waals surface area contributed by atoms with Gasteiger partial charge in [0.25, 0.3) is 5.91 Å². The Morgan fingerprint density at radius 2 is 1.69 bits per heavy atom. The Balaban J connectivity index is 2.11. The standard InChI is InChI=1S/C20H26N2O3S/c1-6-26(24,25)22(5)19-11-9-17(10-12-19)20(23)21-16(4)18-8-7-14(2)15(3)13-18/h7-13,16H,6H2,1-5H3,(H,21,23)/t16-/m0/s1. The van der Waals surface area contributed by atoms with Crippen molar-refractivity contribution < 1.29 is 13.2 Å². The minimum atomic E-state index is -3.31. The lowest BCUT2D eigenvalue weighted by atomic mass is 10.0. The van der Waals surface area contributed by atoms with E-state index < -0.39 is 10.0 Å². The van der Waals surface area contributed by atoms with Crippen LogP contribution in [0.3, 0.4) is 0 Å². The molecule has 0 aliphatic carbocycles. The molecule has 6 heteroatoms. The van der Waals surface area contributed by atoms with Crippen LogP contribution in [-0.2, 0) is 10.0 Å². The highest BCUT2D eigenvalue weighted by atomic mass is 32.2. The van der Waals surface area contributed by atoms with Gasteiger partial charge in [-0.1, -0.05) is 18.2 Å². The van der Waals surface area contributed by atoms with Gasteiger partial charge in [-0.2, -0.15) is 0 Å². The van der Waals surface area contributed by atoms with Crippen molar-refractivity contribution in [3.8, 4) is 0 Å². The van der Waals surface area contributed by atoms with E-state index in [-0.39, 0.29) is 17.7 Å². The van der Waals surface area contributed by atoms with E-state index in [4.69, 9.17) is 0 Å². The maximum atomic E-state index is 12.5. The van der Waals surface area contributed by atoms with Crippen LogP contribution in [0.5, 0.6) is 0 Å². The number of aryl methyl sites for hydroxylation is 2. The second-order valence-corrected chi connectivity index (χ2v) is 8.74. The fraction of sp³-hybridized carbons (Fsp3) is 0.350. The van der Waals surface area contributed by atoms with Crippen molar-refractivity contribution in [3.05, 3.63) is 64.7 Å². The number of benzene rings is 2. The van der Waals surface area contributed by atoms with Gasteiger partial charge in [-0.3, -0.25) is 9.10 Å². The molecule has 0 aliphatic rings. The highest BCUT2D eigenvalue weighted by Gasteiger charge is 2.17. The van der Waals surface area contributed by atoms with Crippen LogP contribution in [0.2, 0.25) is 0 Å². The first-order chi connectivity index (χ1) is 12.2. The number of carbonyl (C=O) groups excluding carboxylic acids is 1. The molecule has 0 bridgehead atoms. The van der Waals surface area contributed by atoms with E-state index >= 15 is 0 Å². The van der Waals surface area contributed by atoms with Gasteiger partial charge < -0.3 is 5.32 Å². The summed E-state index contributed by atoms with van der Waals surface area (Å²) in [4.78, 5) is 12.5. The first kappa shape index (κ1) is 20.0. The zero-order valence-electron chi connectivity index (χ0n) is 15.9. The molecular formula is C20H26N2O3S. The number of hydrogen-bond acceptors (Lipinski definition) is 3. The molecule has 0 saturated heterocycles. The predicted molar refractivity (Wildman–Crippen MR) is 106 cm³/mol. The molecular weight excluding hydrogens is 348 g/mol. The molecule has 0 radical (unpaired) electrons. The molecule has 5 nitrogen and oxygen atoms in total. The Morgan fingerprint density at radius 1 is 1.08 bits per heavy atom. The fourth-order valence-corrected chi connectivity index (χ4v) is 3.40. The summed E-state index contributed by atoms with van der Waals surface area (Å²) in [6, 6.07) is 12.6. The molecule has 1 atom stereocenters. The number of amides is 1. The van der Waals surface area contributed by atoms with Crippen molar-refractivity contribution in [2.45, 2.75) is 33.7 Å². The average molecular weight is 375 g/mol. The maximum absolute atomic E-state index is 12.5. The smallest absolute Gasteiger partial charge is 0.251 e. The molecule has 2 rings (SSSR count). The summed E-state index contributed by atoms with van der Waals surface area (Å²) >= 11 is 0. The Morgan fingerprint density at radius 3 is 2.23 bits per heavy atom. The molecule has 2 aromatic carbocycles. The van der Waals surface area contributed by atoms with Gasteiger partial charge in [0.05, 0.1) is 17.5 Å². The molecule has 0 aromatic heterocycles.